The standard InChI is InChI=1S/C12H20N2O2S/c1-8(2)12(9(3)13)10-4-6-11(7-5-10)17(14,15)16/h4-9,12H,13H2,1-3H3,(H2,14,15,16). The van der Waals surface area contributed by atoms with Crippen LogP contribution in [0.5, 0.6) is 0 Å². The van der Waals surface area contributed by atoms with Gasteiger partial charge >= 0.3 is 0 Å². The summed E-state index contributed by atoms with van der Waals surface area (Å²) in [6.07, 6.45) is 0. The Balaban J connectivity index is 3.09. The molecule has 0 aliphatic carbocycles. The molecule has 0 amide bonds. The van der Waals surface area contributed by atoms with Crippen molar-refractivity contribution in [3.05, 3.63) is 29.8 Å². The van der Waals surface area contributed by atoms with E-state index in [-0.39, 0.29) is 16.9 Å². The number of primary sulfonamides is 1. The van der Waals surface area contributed by atoms with Crippen molar-refractivity contribution in [2.45, 2.75) is 37.6 Å². The molecule has 1 aromatic carbocycles. The molecule has 0 aliphatic rings. The highest BCUT2D eigenvalue weighted by Gasteiger charge is 2.20. The zero-order chi connectivity index (χ0) is 13.2. The van der Waals surface area contributed by atoms with Crippen LogP contribution < -0.4 is 10.9 Å². The Labute approximate surface area is 103 Å². The smallest absolute Gasteiger partial charge is 0.238 e. The van der Waals surface area contributed by atoms with E-state index < -0.39 is 10.0 Å². The maximum Gasteiger partial charge on any atom is 0.238 e. The maximum absolute atomic E-state index is 11.1. The zero-order valence-electron chi connectivity index (χ0n) is 10.4. The molecule has 0 aliphatic heterocycles. The predicted octanol–water partition coefficient (Wildman–Crippen LogP) is 1.42. The summed E-state index contributed by atoms with van der Waals surface area (Å²) in [5.74, 6) is 0.611. The van der Waals surface area contributed by atoms with E-state index >= 15 is 0 Å². The SMILES string of the molecule is CC(C)C(c1ccc(S(N)(=O)=O)cc1)C(C)N. The van der Waals surface area contributed by atoms with Crippen molar-refractivity contribution in [2.75, 3.05) is 0 Å². The summed E-state index contributed by atoms with van der Waals surface area (Å²) in [4.78, 5) is 0.133. The van der Waals surface area contributed by atoms with Gasteiger partial charge in [-0.25, -0.2) is 13.6 Å². The fourth-order valence-electron chi connectivity index (χ4n) is 2.18. The Hall–Kier alpha value is -0.910. The molecule has 0 aromatic heterocycles. The highest BCUT2D eigenvalue weighted by atomic mass is 32.2. The minimum atomic E-state index is -3.62. The van der Waals surface area contributed by atoms with Gasteiger partial charge in [0.1, 0.15) is 0 Å². The van der Waals surface area contributed by atoms with Crippen LogP contribution in [0.3, 0.4) is 0 Å². The first-order valence-corrected chi connectivity index (χ1v) is 7.16. The largest absolute Gasteiger partial charge is 0.327 e. The molecule has 0 fully saturated rings. The topological polar surface area (TPSA) is 86.2 Å². The molecule has 0 spiro atoms. The third kappa shape index (κ3) is 3.52. The van der Waals surface area contributed by atoms with E-state index in [9.17, 15) is 8.42 Å². The molecule has 2 atom stereocenters. The van der Waals surface area contributed by atoms with Gasteiger partial charge < -0.3 is 5.73 Å². The van der Waals surface area contributed by atoms with Gasteiger partial charge in [0.15, 0.2) is 0 Å². The molecule has 0 heterocycles. The molecule has 96 valence electrons. The van der Waals surface area contributed by atoms with E-state index in [2.05, 4.69) is 13.8 Å². The highest BCUT2D eigenvalue weighted by Crippen LogP contribution is 2.27. The van der Waals surface area contributed by atoms with Gasteiger partial charge in [0.25, 0.3) is 0 Å². The van der Waals surface area contributed by atoms with E-state index in [0.717, 1.165) is 5.56 Å². The Morgan fingerprint density at radius 2 is 1.53 bits per heavy atom. The van der Waals surface area contributed by atoms with Gasteiger partial charge in [0.05, 0.1) is 4.90 Å². The van der Waals surface area contributed by atoms with Crippen molar-refractivity contribution in [3.63, 3.8) is 0 Å². The Morgan fingerprint density at radius 1 is 1.06 bits per heavy atom. The second kappa shape index (κ2) is 5.16. The molecule has 0 saturated heterocycles. The first-order valence-electron chi connectivity index (χ1n) is 5.62. The molecule has 0 radical (unpaired) electrons. The lowest BCUT2D eigenvalue weighted by atomic mass is 9.83. The molecule has 17 heavy (non-hydrogen) atoms. The fourth-order valence-corrected chi connectivity index (χ4v) is 2.69. The lowest BCUT2D eigenvalue weighted by molar-refractivity contribution is 0.435. The normalized spacial score (nSPS) is 15.9. The van der Waals surface area contributed by atoms with Crippen LogP contribution in [0.1, 0.15) is 32.3 Å². The third-order valence-electron chi connectivity index (χ3n) is 2.88. The minimum Gasteiger partial charge on any atom is -0.327 e. The Bertz CT molecular complexity index is 456. The van der Waals surface area contributed by atoms with Crippen LogP contribution in [0.4, 0.5) is 0 Å². The number of hydrogen-bond donors (Lipinski definition) is 2. The maximum atomic E-state index is 11.1. The van der Waals surface area contributed by atoms with Crippen LogP contribution in [0.2, 0.25) is 0 Å². The van der Waals surface area contributed by atoms with Crippen molar-refractivity contribution >= 4 is 10.0 Å². The second-order valence-electron chi connectivity index (χ2n) is 4.74. The number of hydrogen-bond acceptors (Lipinski definition) is 3. The summed E-state index contributed by atoms with van der Waals surface area (Å²) in [6, 6.07) is 6.65. The molecular weight excluding hydrogens is 236 g/mol. The first kappa shape index (κ1) is 14.2. The van der Waals surface area contributed by atoms with Crippen molar-refractivity contribution in [1.29, 1.82) is 0 Å². The minimum absolute atomic E-state index is 0.0235. The van der Waals surface area contributed by atoms with Crippen molar-refractivity contribution in [3.8, 4) is 0 Å². The molecule has 1 aromatic rings. The van der Waals surface area contributed by atoms with Gasteiger partial charge in [0.2, 0.25) is 10.0 Å². The predicted molar refractivity (Wildman–Crippen MR) is 69.0 cm³/mol. The molecule has 0 bridgehead atoms. The van der Waals surface area contributed by atoms with Crippen LogP contribution in [0.15, 0.2) is 29.2 Å². The fraction of sp³-hybridized carbons (Fsp3) is 0.500. The summed E-state index contributed by atoms with van der Waals surface area (Å²) in [5.41, 5.74) is 6.99. The first-order chi connectivity index (χ1) is 7.73. The number of nitrogens with two attached hydrogens (primary N) is 2. The molecule has 0 saturated carbocycles. The van der Waals surface area contributed by atoms with Crippen LogP contribution in [-0.4, -0.2) is 14.5 Å². The zero-order valence-corrected chi connectivity index (χ0v) is 11.2. The van der Waals surface area contributed by atoms with Crippen LogP contribution in [-0.2, 0) is 10.0 Å². The van der Waals surface area contributed by atoms with Crippen molar-refractivity contribution < 1.29 is 8.42 Å². The second-order valence-corrected chi connectivity index (χ2v) is 6.30. The Kier molecular flexibility index (Phi) is 4.30. The van der Waals surface area contributed by atoms with Gasteiger partial charge in [-0.3, -0.25) is 0 Å². The molecule has 1 rings (SSSR count). The number of benzene rings is 1. The quantitative estimate of drug-likeness (QED) is 0.854. The lowest BCUT2D eigenvalue weighted by Crippen LogP contribution is -2.28. The van der Waals surface area contributed by atoms with E-state index in [1.165, 1.54) is 12.1 Å². The van der Waals surface area contributed by atoms with Gasteiger partial charge in [-0.05, 0) is 30.5 Å². The molecule has 4 nitrogen and oxygen atoms in total. The lowest BCUT2D eigenvalue weighted by Gasteiger charge is -2.25. The van der Waals surface area contributed by atoms with E-state index in [1.54, 1.807) is 12.1 Å². The van der Waals surface area contributed by atoms with Gasteiger partial charge in [0, 0.05) is 12.0 Å². The number of sulfonamides is 1. The molecule has 2 unspecified atom stereocenters. The van der Waals surface area contributed by atoms with Crippen molar-refractivity contribution in [1.82, 2.24) is 0 Å². The monoisotopic (exact) mass is 256 g/mol. The highest BCUT2D eigenvalue weighted by molar-refractivity contribution is 7.89. The summed E-state index contributed by atoms with van der Waals surface area (Å²) < 4.78 is 22.3. The van der Waals surface area contributed by atoms with Crippen molar-refractivity contribution in [2.24, 2.45) is 16.8 Å². The Morgan fingerprint density at radius 3 is 1.82 bits per heavy atom. The molecule has 4 N–H and O–H groups in total. The van der Waals surface area contributed by atoms with Crippen LogP contribution in [0, 0.1) is 5.92 Å². The summed E-state index contributed by atoms with van der Waals surface area (Å²) in [7, 11) is -3.62. The molecular formula is C12H20N2O2S. The van der Waals surface area contributed by atoms with Crippen LogP contribution >= 0.6 is 0 Å². The average molecular weight is 256 g/mol. The summed E-state index contributed by atoms with van der Waals surface area (Å²) >= 11 is 0. The average Bonchev–Trinajstić information content (AvgIpc) is 2.15. The van der Waals surface area contributed by atoms with Gasteiger partial charge in [-0.1, -0.05) is 26.0 Å². The van der Waals surface area contributed by atoms with Gasteiger partial charge in [-0.2, -0.15) is 0 Å². The van der Waals surface area contributed by atoms with Gasteiger partial charge in [-0.15, -0.1) is 0 Å². The third-order valence-corrected chi connectivity index (χ3v) is 3.81. The molecule has 5 heteroatoms. The van der Waals surface area contributed by atoms with E-state index in [0.29, 0.717) is 5.92 Å². The van der Waals surface area contributed by atoms with Crippen LogP contribution in [0.25, 0.3) is 0 Å². The summed E-state index contributed by atoms with van der Waals surface area (Å²) in [5, 5.41) is 5.05. The number of rotatable bonds is 4. The van der Waals surface area contributed by atoms with E-state index in [1.807, 2.05) is 6.92 Å². The van der Waals surface area contributed by atoms with E-state index in [4.69, 9.17) is 10.9 Å². The summed E-state index contributed by atoms with van der Waals surface area (Å²) in [6.45, 7) is 6.15.